The Kier molecular flexibility index (Phi) is 3.33. The van der Waals surface area contributed by atoms with Gasteiger partial charge in [0.2, 0.25) is 0 Å². The van der Waals surface area contributed by atoms with E-state index in [2.05, 4.69) is 10.2 Å². The summed E-state index contributed by atoms with van der Waals surface area (Å²) in [5.74, 6) is 0.775. The SMILES string of the molecule is CNC1CCN(C2CCS(=O)(=O)CC2)C1. The molecule has 1 atom stereocenters. The van der Waals surface area contributed by atoms with E-state index in [4.69, 9.17) is 0 Å². The van der Waals surface area contributed by atoms with Crippen molar-refractivity contribution in [2.24, 2.45) is 0 Å². The summed E-state index contributed by atoms with van der Waals surface area (Å²) in [5.41, 5.74) is 0. The fourth-order valence-electron chi connectivity index (χ4n) is 2.60. The number of rotatable bonds is 2. The van der Waals surface area contributed by atoms with Gasteiger partial charge in [0.1, 0.15) is 9.84 Å². The molecule has 0 bridgehead atoms. The highest BCUT2D eigenvalue weighted by atomic mass is 32.2. The number of likely N-dealkylation sites (tertiary alicyclic amines) is 1. The molecule has 0 aromatic heterocycles. The van der Waals surface area contributed by atoms with Gasteiger partial charge >= 0.3 is 0 Å². The Hall–Kier alpha value is -0.130. The topological polar surface area (TPSA) is 49.4 Å². The molecule has 2 aliphatic heterocycles. The Labute approximate surface area is 91.9 Å². The number of hydrogen-bond donors (Lipinski definition) is 1. The molecule has 2 saturated heterocycles. The summed E-state index contributed by atoms with van der Waals surface area (Å²) >= 11 is 0. The third kappa shape index (κ3) is 2.71. The third-order valence-corrected chi connectivity index (χ3v) is 5.38. The van der Waals surface area contributed by atoms with Crippen LogP contribution in [0.25, 0.3) is 0 Å². The molecular weight excluding hydrogens is 212 g/mol. The van der Waals surface area contributed by atoms with Gasteiger partial charge in [0.25, 0.3) is 0 Å². The highest BCUT2D eigenvalue weighted by Gasteiger charge is 2.31. The van der Waals surface area contributed by atoms with E-state index in [9.17, 15) is 8.42 Å². The van der Waals surface area contributed by atoms with Crippen LogP contribution >= 0.6 is 0 Å². The molecule has 0 aromatic rings. The first-order valence-electron chi connectivity index (χ1n) is 5.72. The number of nitrogens with zero attached hydrogens (tertiary/aromatic N) is 1. The van der Waals surface area contributed by atoms with Gasteiger partial charge in [-0.25, -0.2) is 8.42 Å². The Morgan fingerprint density at radius 3 is 2.40 bits per heavy atom. The van der Waals surface area contributed by atoms with Crippen molar-refractivity contribution < 1.29 is 8.42 Å². The average molecular weight is 232 g/mol. The van der Waals surface area contributed by atoms with E-state index in [0.717, 1.165) is 25.9 Å². The molecule has 0 saturated carbocycles. The average Bonchev–Trinajstić information content (AvgIpc) is 2.66. The quantitative estimate of drug-likeness (QED) is 0.720. The van der Waals surface area contributed by atoms with Crippen LogP contribution in [0.4, 0.5) is 0 Å². The minimum atomic E-state index is -2.71. The maximum Gasteiger partial charge on any atom is 0.150 e. The van der Waals surface area contributed by atoms with Gasteiger partial charge in [-0.3, -0.25) is 4.90 Å². The van der Waals surface area contributed by atoms with Crippen LogP contribution in [0.15, 0.2) is 0 Å². The first-order chi connectivity index (χ1) is 7.11. The first-order valence-corrected chi connectivity index (χ1v) is 7.54. The van der Waals surface area contributed by atoms with E-state index in [-0.39, 0.29) is 0 Å². The van der Waals surface area contributed by atoms with Gasteiger partial charge in [0.05, 0.1) is 11.5 Å². The highest BCUT2D eigenvalue weighted by molar-refractivity contribution is 7.91. The molecule has 2 heterocycles. The van der Waals surface area contributed by atoms with E-state index in [1.165, 1.54) is 6.42 Å². The van der Waals surface area contributed by atoms with Crippen LogP contribution in [-0.2, 0) is 9.84 Å². The molecule has 0 spiro atoms. The van der Waals surface area contributed by atoms with Crippen LogP contribution in [0.1, 0.15) is 19.3 Å². The van der Waals surface area contributed by atoms with Crippen molar-refractivity contribution in [3.8, 4) is 0 Å². The standard InChI is InChI=1S/C10H20N2O2S/c1-11-9-2-5-12(8-9)10-3-6-15(13,14)7-4-10/h9-11H,2-8H2,1H3. The van der Waals surface area contributed by atoms with Crippen molar-refractivity contribution >= 4 is 9.84 Å². The number of likely N-dealkylation sites (N-methyl/N-ethyl adjacent to an activating group) is 1. The van der Waals surface area contributed by atoms with E-state index >= 15 is 0 Å². The lowest BCUT2D eigenvalue weighted by Crippen LogP contribution is -2.41. The Morgan fingerprint density at radius 2 is 1.87 bits per heavy atom. The summed E-state index contributed by atoms with van der Waals surface area (Å²) < 4.78 is 22.6. The second-order valence-electron chi connectivity index (χ2n) is 4.65. The van der Waals surface area contributed by atoms with Crippen molar-refractivity contribution in [1.29, 1.82) is 0 Å². The van der Waals surface area contributed by atoms with Crippen molar-refractivity contribution in [1.82, 2.24) is 10.2 Å². The zero-order valence-electron chi connectivity index (χ0n) is 9.28. The van der Waals surface area contributed by atoms with Gasteiger partial charge in [0, 0.05) is 25.2 Å². The Bertz CT molecular complexity index is 301. The van der Waals surface area contributed by atoms with Crippen LogP contribution in [0.3, 0.4) is 0 Å². The van der Waals surface area contributed by atoms with E-state index in [1.807, 2.05) is 7.05 Å². The predicted molar refractivity (Wildman–Crippen MR) is 60.7 cm³/mol. The number of nitrogens with one attached hydrogen (secondary N) is 1. The van der Waals surface area contributed by atoms with Gasteiger partial charge in [-0.1, -0.05) is 0 Å². The second-order valence-corrected chi connectivity index (χ2v) is 6.96. The van der Waals surface area contributed by atoms with Crippen LogP contribution in [0, 0.1) is 0 Å². The van der Waals surface area contributed by atoms with E-state index in [0.29, 0.717) is 23.6 Å². The molecule has 88 valence electrons. The molecule has 2 fully saturated rings. The molecule has 15 heavy (non-hydrogen) atoms. The van der Waals surface area contributed by atoms with Gasteiger partial charge in [0.15, 0.2) is 0 Å². The van der Waals surface area contributed by atoms with Crippen molar-refractivity contribution in [2.75, 3.05) is 31.6 Å². The largest absolute Gasteiger partial charge is 0.316 e. The monoisotopic (exact) mass is 232 g/mol. The maximum atomic E-state index is 11.3. The van der Waals surface area contributed by atoms with Crippen molar-refractivity contribution in [2.45, 2.75) is 31.3 Å². The number of sulfone groups is 1. The lowest BCUT2D eigenvalue weighted by atomic mass is 10.1. The zero-order chi connectivity index (χ0) is 10.9. The van der Waals surface area contributed by atoms with E-state index in [1.54, 1.807) is 0 Å². The zero-order valence-corrected chi connectivity index (χ0v) is 10.1. The minimum absolute atomic E-state index is 0.387. The smallest absolute Gasteiger partial charge is 0.150 e. The molecule has 0 aliphatic carbocycles. The minimum Gasteiger partial charge on any atom is -0.316 e. The van der Waals surface area contributed by atoms with Crippen molar-refractivity contribution in [3.05, 3.63) is 0 Å². The summed E-state index contributed by atoms with van der Waals surface area (Å²) in [6.07, 6.45) is 2.86. The normalized spacial score (nSPS) is 33.3. The molecule has 1 N–H and O–H groups in total. The first kappa shape index (κ1) is 11.4. The Balaban J connectivity index is 1.86. The molecule has 0 radical (unpaired) electrons. The van der Waals surface area contributed by atoms with Gasteiger partial charge in [-0.05, 0) is 26.3 Å². The van der Waals surface area contributed by atoms with Crippen LogP contribution < -0.4 is 5.32 Å². The predicted octanol–water partition coefficient (Wildman–Crippen LogP) is -0.143. The van der Waals surface area contributed by atoms with Crippen molar-refractivity contribution in [3.63, 3.8) is 0 Å². The molecule has 1 unspecified atom stereocenters. The third-order valence-electron chi connectivity index (χ3n) is 3.67. The summed E-state index contributed by atoms with van der Waals surface area (Å²) in [4.78, 5) is 2.45. The maximum absolute atomic E-state index is 11.3. The second kappa shape index (κ2) is 4.39. The molecular formula is C10H20N2O2S. The molecule has 0 aromatic carbocycles. The molecule has 4 nitrogen and oxygen atoms in total. The van der Waals surface area contributed by atoms with Gasteiger partial charge < -0.3 is 5.32 Å². The molecule has 5 heteroatoms. The van der Waals surface area contributed by atoms with Gasteiger partial charge in [-0.15, -0.1) is 0 Å². The summed E-state index contributed by atoms with van der Waals surface area (Å²) in [6, 6.07) is 1.11. The van der Waals surface area contributed by atoms with Crippen LogP contribution in [0.2, 0.25) is 0 Å². The van der Waals surface area contributed by atoms with Crippen LogP contribution in [-0.4, -0.2) is 57.0 Å². The molecule has 2 aliphatic rings. The summed E-state index contributed by atoms with van der Waals surface area (Å²) in [7, 11) is -0.707. The fourth-order valence-corrected chi connectivity index (χ4v) is 4.06. The fraction of sp³-hybridized carbons (Fsp3) is 1.00. The van der Waals surface area contributed by atoms with E-state index < -0.39 is 9.84 Å². The molecule has 2 rings (SSSR count). The lowest BCUT2D eigenvalue weighted by Gasteiger charge is -2.30. The number of hydrogen-bond acceptors (Lipinski definition) is 4. The van der Waals surface area contributed by atoms with Gasteiger partial charge in [-0.2, -0.15) is 0 Å². The summed E-state index contributed by atoms with van der Waals surface area (Å²) in [5, 5.41) is 3.29. The van der Waals surface area contributed by atoms with Crippen LogP contribution in [0.5, 0.6) is 0 Å². The molecule has 0 amide bonds. The Morgan fingerprint density at radius 1 is 1.20 bits per heavy atom. The highest BCUT2D eigenvalue weighted by Crippen LogP contribution is 2.22. The lowest BCUT2D eigenvalue weighted by molar-refractivity contribution is 0.222. The summed E-state index contributed by atoms with van der Waals surface area (Å²) in [6.45, 7) is 2.21.